The first kappa shape index (κ1) is 13.3. The van der Waals surface area contributed by atoms with Gasteiger partial charge in [-0.15, -0.1) is 0 Å². The Bertz CT molecular complexity index is 180. The smallest absolute Gasteiger partial charge is 0.330 e. The molecule has 82 valence electrons. The molecule has 0 spiro atoms. The van der Waals surface area contributed by atoms with Gasteiger partial charge in [-0.05, 0) is 6.42 Å². The Kier molecular flexibility index (Phi) is 7.36. The van der Waals surface area contributed by atoms with Gasteiger partial charge in [-0.25, -0.2) is 4.79 Å². The summed E-state index contributed by atoms with van der Waals surface area (Å²) in [5.41, 5.74) is 0. The van der Waals surface area contributed by atoms with Crippen molar-refractivity contribution in [2.45, 2.75) is 25.5 Å². The molecule has 0 aromatic carbocycles. The highest BCUT2D eigenvalue weighted by atomic mass is 28.3. The van der Waals surface area contributed by atoms with E-state index in [0.29, 0.717) is 6.04 Å². The molecule has 0 N–H and O–H groups in total. The average Bonchev–Trinajstić information content (AvgIpc) is 2.23. The summed E-state index contributed by atoms with van der Waals surface area (Å²) in [6.45, 7) is 5.30. The van der Waals surface area contributed by atoms with E-state index in [0.717, 1.165) is 6.42 Å². The van der Waals surface area contributed by atoms with Gasteiger partial charge in [-0.1, -0.05) is 13.5 Å². The lowest BCUT2D eigenvalue weighted by molar-refractivity contribution is -0.142. The number of hydrogen-bond acceptors (Lipinski definition) is 4. The Morgan fingerprint density at radius 2 is 2.07 bits per heavy atom. The van der Waals surface area contributed by atoms with Crippen LogP contribution in [0, 0.1) is 0 Å². The second-order valence-electron chi connectivity index (χ2n) is 2.81. The zero-order chi connectivity index (χ0) is 11.0. The van der Waals surface area contributed by atoms with E-state index in [1.54, 1.807) is 14.2 Å². The molecule has 4 nitrogen and oxygen atoms in total. The van der Waals surface area contributed by atoms with Crippen LogP contribution in [-0.2, 0) is 18.4 Å². The van der Waals surface area contributed by atoms with E-state index >= 15 is 0 Å². The van der Waals surface area contributed by atoms with Crippen molar-refractivity contribution in [3.05, 3.63) is 12.7 Å². The molecule has 5 heteroatoms. The molecule has 0 saturated carbocycles. The van der Waals surface area contributed by atoms with Crippen LogP contribution < -0.4 is 0 Å². The second-order valence-corrected chi connectivity index (χ2v) is 5.08. The van der Waals surface area contributed by atoms with E-state index in [2.05, 4.69) is 6.58 Å². The van der Waals surface area contributed by atoms with Crippen LogP contribution in [0.25, 0.3) is 0 Å². The molecule has 0 bridgehead atoms. The third-order valence-electron chi connectivity index (χ3n) is 1.89. The summed E-state index contributed by atoms with van der Waals surface area (Å²) >= 11 is 0. The van der Waals surface area contributed by atoms with E-state index in [9.17, 15) is 4.79 Å². The van der Waals surface area contributed by atoms with Crippen molar-refractivity contribution in [1.29, 1.82) is 0 Å². The van der Waals surface area contributed by atoms with Crippen molar-refractivity contribution >= 4 is 15.3 Å². The molecule has 1 unspecified atom stereocenters. The largest absolute Gasteiger partial charge is 0.459 e. The maximum Gasteiger partial charge on any atom is 0.330 e. The van der Waals surface area contributed by atoms with Gasteiger partial charge in [0.05, 0.1) is 0 Å². The highest BCUT2D eigenvalue weighted by Gasteiger charge is 2.19. The van der Waals surface area contributed by atoms with Crippen LogP contribution in [0.2, 0.25) is 6.04 Å². The molecule has 0 aromatic heterocycles. The van der Waals surface area contributed by atoms with Crippen LogP contribution in [0.3, 0.4) is 0 Å². The molecule has 0 aliphatic heterocycles. The monoisotopic (exact) mass is 218 g/mol. The molecule has 0 aliphatic rings. The maximum atomic E-state index is 10.9. The average molecular weight is 218 g/mol. The van der Waals surface area contributed by atoms with Gasteiger partial charge in [-0.2, -0.15) is 0 Å². The van der Waals surface area contributed by atoms with Crippen molar-refractivity contribution in [2.75, 3.05) is 14.2 Å². The molecular weight excluding hydrogens is 200 g/mol. The van der Waals surface area contributed by atoms with E-state index in [1.165, 1.54) is 6.08 Å². The van der Waals surface area contributed by atoms with Crippen LogP contribution in [0.5, 0.6) is 0 Å². The number of rotatable bonds is 7. The minimum atomic E-state index is -1.65. The van der Waals surface area contributed by atoms with Crippen molar-refractivity contribution in [3.63, 3.8) is 0 Å². The highest BCUT2D eigenvalue weighted by molar-refractivity contribution is 6.44. The standard InChI is InChI=1S/C9H18O4Si/c1-5-8(13-9(10)6-2)7-14(11-3)12-4/h6,8,14H,2,5,7H2,1,3-4H3. The summed E-state index contributed by atoms with van der Waals surface area (Å²) < 4.78 is 15.4. The van der Waals surface area contributed by atoms with Gasteiger partial charge < -0.3 is 13.6 Å². The quantitative estimate of drug-likeness (QED) is 0.363. The van der Waals surface area contributed by atoms with E-state index in [1.807, 2.05) is 6.92 Å². The Labute approximate surface area is 86.7 Å². The van der Waals surface area contributed by atoms with Crippen molar-refractivity contribution in [1.82, 2.24) is 0 Å². The van der Waals surface area contributed by atoms with Crippen LogP contribution in [0.1, 0.15) is 13.3 Å². The summed E-state index contributed by atoms with van der Waals surface area (Å²) in [4.78, 5) is 10.9. The van der Waals surface area contributed by atoms with Crippen molar-refractivity contribution < 1.29 is 18.4 Å². The molecular formula is C9H18O4Si. The molecule has 1 atom stereocenters. The van der Waals surface area contributed by atoms with Gasteiger partial charge in [0.1, 0.15) is 6.10 Å². The number of carbonyl (C=O) groups is 1. The first-order chi connectivity index (χ1) is 6.67. The van der Waals surface area contributed by atoms with Crippen LogP contribution in [-0.4, -0.2) is 35.6 Å². The molecule has 0 amide bonds. The van der Waals surface area contributed by atoms with E-state index < -0.39 is 15.3 Å². The summed E-state index contributed by atoms with van der Waals surface area (Å²) in [6.07, 6.45) is 1.80. The molecule has 0 radical (unpaired) electrons. The van der Waals surface area contributed by atoms with Gasteiger partial charge in [0.25, 0.3) is 0 Å². The van der Waals surface area contributed by atoms with Crippen LogP contribution in [0.15, 0.2) is 12.7 Å². The topological polar surface area (TPSA) is 44.8 Å². The molecule has 0 saturated heterocycles. The lowest BCUT2D eigenvalue weighted by Crippen LogP contribution is -2.28. The number of carbonyl (C=O) groups excluding carboxylic acids is 1. The fraction of sp³-hybridized carbons (Fsp3) is 0.667. The summed E-state index contributed by atoms with van der Waals surface area (Å²) in [5.74, 6) is -0.392. The van der Waals surface area contributed by atoms with Gasteiger partial charge in [0, 0.05) is 26.3 Å². The normalized spacial score (nSPS) is 12.6. The summed E-state index contributed by atoms with van der Waals surface area (Å²) in [7, 11) is 1.58. The number of ether oxygens (including phenoxy) is 1. The predicted molar refractivity (Wildman–Crippen MR) is 56.3 cm³/mol. The predicted octanol–water partition coefficient (Wildman–Crippen LogP) is 1.01. The second kappa shape index (κ2) is 7.72. The molecule has 0 rings (SSSR count). The highest BCUT2D eigenvalue weighted by Crippen LogP contribution is 2.09. The Balaban J connectivity index is 4.00. The van der Waals surface area contributed by atoms with Crippen molar-refractivity contribution in [3.8, 4) is 0 Å². The van der Waals surface area contributed by atoms with Gasteiger partial charge in [0.15, 0.2) is 0 Å². The minimum Gasteiger partial charge on any atom is -0.459 e. The van der Waals surface area contributed by atoms with Gasteiger partial charge in [0.2, 0.25) is 0 Å². The molecule has 0 fully saturated rings. The third-order valence-corrected chi connectivity index (χ3v) is 3.85. The fourth-order valence-electron chi connectivity index (χ4n) is 1.01. The number of hydrogen-bond donors (Lipinski definition) is 0. The Morgan fingerprint density at radius 1 is 1.50 bits per heavy atom. The zero-order valence-electron chi connectivity index (χ0n) is 8.99. The first-order valence-corrected chi connectivity index (χ1v) is 6.32. The lowest BCUT2D eigenvalue weighted by Gasteiger charge is -2.18. The van der Waals surface area contributed by atoms with Crippen LogP contribution in [0.4, 0.5) is 0 Å². The van der Waals surface area contributed by atoms with Crippen molar-refractivity contribution in [2.24, 2.45) is 0 Å². The number of esters is 1. The van der Waals surface area contributed by atoms with Gasteiger partial charge >= 0.3 is 15.3 Å². The Morgan fingerprint density at radius 3 is 2.43 bits per heavy atom. The third kappa shape index (κ3) is 5.16. The molecule has 0 heterocycles. The lowest BCUT2D eigenvalue weighted by atomic mass is 10.3. The SMILES string of the molecule is C=CC(=O)OC(CC)C[SiH](OC)OC. The fourth-order valence-corrected chi connectivity index (χ4v) is 2.45. The van der Waals surface area contributed by atoms with Crippen LogP contribution >= 0.6 is 0 Å². The first-order valence-electron chi connectivity index (χ1n) is 4.56. The molecule has 0 aliphatic carbocycles. The van der Waals surface area contributed by atoms with Gasteiger partial charge in [-0.3, -0.25) is 0 Å². The maximum absolute atomic E-state index is 10.9. The molecule has 0 aromatic rings. The molecule has 14 heavy (non-hydrogen) atoms. The zero-order valence-corrected chi connectivity index (χ0v) is 10.1. The minimum absolute atomic E-state index is 0.128. The Hall–Kier alpha value is -0.653. The van der Waals surface area contributed by atoms with E-state index in [-0.39, 0.29) is 6.10 Å². The summed E-state index contributed by atoms with van der Waals surface area (Å²) in [6, 6.07) is 0.670. The van der Waals surface area contributed by atoms with E-state index in [4.69, 9.17) is 13.6 Å². The summed E-state index contributed by atoms with van der Waals surface area (Å²) in [5, 5.41) is 0.